The summed E-state index contributed by atoms with van der Waals surface area (Å²) in [5.41, 5.74) is 0.142. The standard InChI is InChI=1S/C16H31N3O2/c1-19(2)16(7-5-3-4-6-8-16)13-18-15(20)11-14-12-21-10-9-17-14/h14,17H,3-13H2,1-2H3,(H,18,20). The third-order valence-electron chi connectivity index (χ3n) is 5.03. The van der Waals surface area contributed by atoms with Crippen LogP contribution in [0.5, 0.6) is 0 Å². The number of carbonyl (C=O) groups excluding carboxylic acids is 1. The summed E-state index contributed by atoms with van der Waals surface area (Å²) >= 11 is 0. The number of amides is 1. The van der Waals surface area contributed by atoms with Crippen molar-refractivity contribution in [3.8, 4) is 0 Å². The Labute approximate surface area is 128 Å². The van der Waals surface area contributed by atoms with Gasteiger partial charge in [-0.15, -0.1) is 0 Å². The lowest BCUT2D eigenvalue weighted by Gasteiger charge is -2.40. The number of rotatable bonds is 5. The minimum Gasteiger partial charge on any atom is -0.378 e. The highest BCUT2D eigenvalue weighted by Gasteiger charge is 2.33. The maximum atomic E-state index is 12.2. The second-order valence-electron chi connectivity index (χ2n) is 6.74. The molecule has 1 aliphatic heterocycles. The summed E-state index contributed by atoms with van der Waals surface area (Å²) in [6, 6.07) is 0.170. The summed E-state index contributed by atoms with van der Waals surface area (Å²) < 4.78 is 5.40. The number of nitrogens with zero attached hydrogens (tertiary/aromatic N) is 1. The summed E-state index contributed by atoms with van der Waals surface area (Å²) in [5, 5.41) is 6.51. The lowest BCUT2D eigenvalue weighted by molar-refractivity contribution is -0.123. The molecule has 1 saturated heterocycles. The number of carbonyl (C=O) groups is 1. The van der Waals surface area contributed by atoms with E-state index in [2.05, 4.69) is 29.6 Å². The first-order valence-electron chi connectivity index (χ1n) is 8.38. The molecule has 0 aromatic heterocycles. The highest BCUT2D eigenvalue weighted by atomic mass is 16.5. The highest BCUT2D eigenvalue weighted by molar-refractivity contribution is 5.76. The molecule has 1 heterocycles. The van der Waals surface area contributed by atoms with Crippen LogP contribution in [0.3, 0.4) is 0 Å². The first kappa shape index (κ1) is 16.7. The van der Waals surface area contributed by atoms with E-state index in [-0.39, 0.29) is 17.5 Å². The second-order valence-corrected chi connectivity index (χ2v) is 6.74. The first-order chi connectivity index (χ1) is 10.1. The largest absolute Gasteiger partial charge is 0.378 e. The molecule has 2 N–H and O–H groups in total. The van der Waals surface area contributed by atoms with E-state index < -0.39 is 0 Å². The van der Waals surface area contributed by atoms with Gasteiger partial charge in [-0.05, 0) is 26.9 Å². The van der Waals surface area contributed by atoms with Crippen molar-refractivity contribution in [3.63, 3.8) is 0 Å². The van der Waals surface area contributed by atoms with Crippen LogP contribution < -0.4 is 10.6 Å². The molecule has 0 aromatic carbocycles. The van der Waals surface area contributed by atoms with Crippen LogP contribution >= 0.6 is 0 Å². The Hall–Kier alpha value is -0.650. The Balaban J connectivity index is 1.81. The van der Waals surface area contributed by atoms with Gasteiger partial charge in [-0.3, -0.25) is 4.79 Å². The van der Waals surface area contributed by atoms with Crippen LogP contribution in [0.4, 0.5) is 0 Å². The average Bonchev–Trinajstić information content (AvgIpc) is 2.73. The molecule has 0 spiro atoms. The third-order valence-corrected chi connectivity index (χ3v) is 5.03. The minimum absolute atomic E-state index is 0.142. The van der Waals surface area contributed by atoms with Gasteiger partial charge in [0.05, 0.1) is 13.2 Å². The number of nitrogens with one attached hydrogen (secondary N) is 2. The number of morpholine rings is 1. The van der Waals surface area contributed by atoms with Crippen LogP contribution in [0.15, 0.2) is 0 Å². The molecular weight excluding hydrogens is 266 g/mol. The van der Waals surface area contributed by atoms with Gasteiger partial charge in [0.15, 0.2) is 0 Å². The van der Waals surface area contributed by atoms with Crippen molar-refractivity contribution in [2.24, 2.45) is 0 Å². The molecule has 0 radical (unpaired) electrons. The van der Waals surface area contributed by atoms with E-state index in [1.54, 1.807) is 0 Å². The molecule has 21 heavy (non-hydrogen) atoms. The molecular formula is C16H31N3O2. The Morgan fingerprint density at radius 1 is 1.29 bits per heavy atom. The zero-order valence-electron chi connectivity index (χ0n) is 13.6. The molecule has 5 nitrogen and oxygen atoms in total. The molecule has 0 bridgehead atoms. The van der Waals surface area contributed by atoms with Gasteiger partial charge in [0.1, 0.15) is 0 Å². The molecule has 1 unspecified atom stereocenters. The van der Waals surface area contributed by atoms with Crippen molar-refractivity contribution in [3.05, 3.63) is 0 Å². The molecule has 122 valence electrons. The van der Waals surface area contributed by atoms with Crippen LogP contribution in [-0.2, 0) is 9.53 Å². The number of hydrogen-bond acceptors (Lipinski definition) is 4. The molecule has 2 aliphatic rings. The van der Waals surface area contributed by atoms with E-state index in [0.717, 1.165) is 19.7 Å². The monoisotopic (exact) mass is 297 g/mol. The van der Waals surface area contributed by atoms with E-state index in [1.165, 1.54) is 38.5 Å². The quantitative estimate of drug-likeness (QED) is 0.747. The van der Waals surface area contributed by atoms with E-state index in [0.29, 0.717) is 13.0 Å². The lowest BCUT2D eigenvalue weighted by atomic mass is 9.88. The Morgan fingerprint density at radius 3 is 2.57 bits per heavy atom. The van der Waals surface area contributed by atoms with Gasteiger partial charge in [0, 0.05) is 31.1 Å². The van der Waals surface area contributed by atoms with E-state index >= 15 is 0 Å². The van der Waals surface area contributed by atoms with Crippen LogP contribution in [0.1, 0.15) is 44.9 Å². The summed E-state index contributed by atoms with van der Waals surface area (Å²) in [7, 11) is 4.29. The summed E-state index contributed by atoms with van der Waals surface area (Å²) in [5.74, 6) is 0.142. The van der Waals surface area contributed by atoms with Crippen molar-refractivity contribution in [1.29, 1.82) is 0 Å². The molecule has 5 heteroatoms. The molecule has 1 atom stereocenters. The zero-order chi connectivity index (χ0) is 15.1. The topological polar surface area (TPSA) is 53.6 Å². The maximum Gasteiger partial charge on any atom is 0.221 e. The summed E-state index contributed by atoms with van der Waals surface area (Å²) in [6.07, 6.45) is 8.08. The SMILES string of the molecule is CN(C)C1(CNC(=O)CC2COCCN2)CCCCCC1. The minimum atomic E-state index is 0.142. The fraction of sp³-hybridized carbons (Fsp3) is 0.938. The molecule has 1 saturated carbocycles. The van der Waals surface area contributed by atoms with Gasteiger partial charge in [0.2, 0.25) is 5.91 Å². The van der Waals surface area contributed by atoms with Crippen molar-refractivity contribution >= 4 is 5.91 Å². The van der Waals surface area contributed by atoms with Gasteiger partial charge < -0.3 is 20.3 Å². The van der Waals surface area contributed by atoms with Crippen molar-refractivity contribution < 1.29 is 9.53 Å². The first-order valence-corrected chi connectivity index (χ1v) is 8.38. The smallest absolute Gasteiger partial charge is 0.221 e. The van der Waals surface area contributed by atoms with Crippen molar-refractivity contribution in [2.45, 2.75) is 56.5 Å². The Kier molecular flexibility index (Phi) is 6.45. The Bertz CT molecular complexity index is 319. The Morgan fingerprint density at radius 2 is 2.00 bits per heavy atom. The normalized spacial score (nSPS) is 26.3. The molecule has 1 aliphatic carbocycles. The van der Waals surface area contributed by atoms with Crippen LogP contribution in [0.25, 0.3) is 0 Å². The fourth-order valence-electron chi connectivity index (χ4n) is 3.48. The third kappa shape index (κ3) is 4.94. The zero-order valence-corrected chi connectivity index (χ0v) is 13.6. The van der Waals surface area contributed by atoms with E-state index in [4.69, 9.17) is 4.74 Å². The molecule has 0 aromatic rings. The lowest BCUT2D eigenvalue weighted by Crippen LogP contribution is -2.53. The highest BCUT2D eigenvalue weighted by Crippen LogP contribution is 2.30. The number of likely N-dealkylation sites (N-methyl/N-ethyl adjacent to an activating group) is 1. The van der Waals surface area contributed by atoms with Gasteiger partial charge in [-0.2, -0.15) is 0 Å². The van der Waals surface area contributed by atoms with Gasteiger partial charge in [0.25, 0.3) is 0 Å². The predicted molar refractivity (Wildman–Crippen MR) is 84.4 cm³/mol. The maximum absolute atomic E-state index is 12.2. The van der Waals surface area contributed by atoms with Gasteiger partial charge in [-0.1, -0.05) is 25.7 Å². The molecule has 1 amide bonds. The summed E-state index contributed by atoms with van der Waals surface area (Å²) in [6.45, 7) is 3.01. The van der Waals surface area contributed by atoms with Crippen LogP contribution in [0, 0.1) is 0 Å². The van der Waals surface area contributed by atoms with Gasteiger partial charge in [-0.25, -0.2) is 0 Å². The van der Waals surface area contributed by atoms with Crippen molar-refractivity contribution in [1.82, 2.24) is 15.5 Å². The number of hydrogen-bond donors (Lipinski definition) is 2. The average molecular weight is 297 g/mol. The van der Waals surface area contributed by atoms with E-state index in [1.807, 2.05) is 0 Å². The van der Waals surface area contributed by atoms with Gasteiger partial charge >= 0.3 is 0 Å². The molecule has 2 fully saturated rings. The second kappa shape index (κ2) is 8.11. The van der Waals surface area contributed by atoms with Crippen LogP contribution in [-0.4, -0.2) is 62.8 Å². The predicted octanol–water partition coefficient (Wildman–Crippen LogP) is 1.14. The number of ether oxygens (including phenoxy) is 1. The summed E-state index contributed by atoms with van der Waals surface area (Å²) in [4.78, 5) is 14.5. The van der Waals surface area contributed by atoms with Crippen LogP contribution in [0.2, 0.25) is 0 Å². The van der Waals surface area contributed by atoms with Crippen molar-refractivity contribution in [2.75, 3.05) is 40.4 Å². The molecule has 2 rings (SSSR count). The van der Waals surface area contributed by atoms with E-state index in [9.17, 15) is 4.79 Å². The fourth-order valence-corrected chi connectivity index (χ4v) is 3.48.